The Balaban J connectivity index is 1.76. The number of carbonyl (C=O) groups is 1. The van der Waals surface area contributed by atoms with E-state index in [1.165, 1.54) is 6.08 Å². The molecule has 2 heterocycles. The zero-order valence-corrected chi connectivity index (χ0v) is 8.32. The van der Waals surface area contributed by atoms with Gasteiger partial charge in [-0.25, -0.2) is 0 Å². The molecule has 2 aliphatic rings. The van der Waals surface area contributed by atoms with E-state index in [9.17, 15) is 4.79 Å². The van der Waals surface area contributed by atoms with Crippen LogP contribution in [0.2, 0.25) is 0 Å². The molecule has 78 valence electrons. The number of nitrogens with zero attached hydrogens (tertiary/aromatic N) is 2. The molecule has 0 saturated carbocycles. The van der Waals surface area contributed by atoms with Crippen LogP contribution in [-0.2, 0) is 9.53 Å². The highest BCUT2D eigenvalue weighted by Gasteiger charge is 2.34. The molecular formula is C10H16N2O2. The van der Waals surface area contributed by atoms with Gasteiger partial charge in [0, 0.05) is 32.2 Å². The Morgan fingerprint density at radius 3 is 2.57 bits per heavy atom. The Morgan fingerprint density at radius 2 is 2.00 bits per heavy atom. The molecule has 0 bridgehead atoms. The third-order valence-corrected chi connectivity index (χ3v) is 2.91. The second kappa shape index (κ2) is 4.11. The van der Waals surface area contributed by atoms with Crippen molar-refractivity contribution in [3.63, 3.8) is 0 Å². The van der Waals surface area contributed by atoms with E-state index in [0.717, 1.165) is 39.4 Å². The minimum Gasteiger partial charge on any atom is -0.379 e. The third-order valence-electron chi connectivity index (χ3n) is 2.91. The van der Waals surface area contributed by atoms with Crippen molar-refractivity contribution in [3.05, 3.63) is 12.7 Å². The molecule has 0 aliphatic carbocycles. The lowest BCUT2D eigenvalue weighted by atomic mass is 10.1. The highest BCUT2D eigenvalue weighted by Crippen LogP contribution is 2.16. The number of hydrogen-bond donors (Lipinski definition) is 0. The molecule has 0 atom stereocenters. The van der Waals surface area contributed by atoms with Gasteiger partial charge in [0.15, 0.2) is 0 Å². The number of ether oxygens (including phenoxy) is 1. The number of carbonyl (C=O) groups excluding carboxylic acids is 1. The average Bonchev–Trinajstić information content (AvgIpc) is 2.17. The monoisotopic (exact) mass is 196 g/mol. The average molecular weight is 196 g/mol. The van der Waals surface area contributed by atoms with Crippen LogP contribution < -0.4 is 0 Å². The minimum absolute atomic E-state index is 0.0505. The molecule has 2 fully saturated rings. The number of likely N-dealkylation sites (tertiary alicyclic amines) is 1. The van der Waals surface area contributed by atoms with Gasteiger partial charge in [0.25, 0.3) is 0 Å². The standard InChI is InChI=1S/C10H16N2O2/c1-2-10(13)12-7-9(8-12)11-3-5-14-6-4-11/h2,9H,1,3-8H2. The predicted octanol–water partition coefficient (Wildman–Crippen LogP) is -0.285. The molecule has 0 N–H and O–H groups in total. The summed E-state index contributed by atoms with van der Waals surface area (Å²) in [6, 6.07) is 0.544. The summed E-state index contributed by atoms with van der Waals surface area (Å²) in [5.41, 5.74) is 0. The summed E-state index contributed by atoms with van der Waals surface area (Å²) in [4.78, 5) is 15.4. The molecule has 2 saturated heterocycles. The van der Waals surface area contributed by atoms with Gasteiger partial charge in [0.2, 0.25) is 5.91 Å². The number of morpholine rings is 1. The van der Waals surface area contributed by atoms with E-state index in [4.69, 9.17) is 4.74 Å². The van der Waals surface area contributed by atoms with Gasteiger partial charge in [-0.3, -0.25) is 9.69 Å². The predicted molar refractivity (Wildman–Crippen MR) is 53.0 cm³/mol. The zero-order chi connectivity index (χ0) is 9.97. The number of hydrogen-bond acceptors (Lipinski definition) is 3. The van der Waals surface area contributed by atoms with Crippen LogP contribution in [0.5, 0.6) is 0 Å². The molecule has 0 unspecified atom stereocenters. The van der Waals surface area contributed by atoms with Gasteiger partial charge in [0.1, 0.15) is 0 Å². The van der Waals surface area contributed by atoms with Gasteiger partial charge in [0.05, 0.1) is 13.2 Å². The second-order valence-corrected chi connectivity index (χ2v) is 3.75. The first kappa shape index (κ1) is 9.68. The summed E-state index contributed by atoms with van der Waals surface area (Å²) in [7, 11) is 0. The number of rotatable bonds is 2. The largest absolute Gasteiger partial charge is 0.379 e. The molecule has 4 heteroatoms. The zero-order valence-electron chi connectivity index (χ0n) is 8.32. The molecular weight excluding hydrogens is 180 g/mol. The topological polar surface area (TPSA) is 32.8 Å². The Labute approximate surface area is 84.1 Å². The maximum Gasteiger partial charge on any atom is 0.246 e. The van der Waals surface area contributed by atoms with Gasteiger partial charge in [-0.2, -0.15) is 0 Å². The minimum atomic E-state index is 0.0505. The van der Waals surface area contributed by atoms with Crippen molar-refractivity contribution in [1.82, 2.24) is 9.80 Å². The van der Waals surface area contributed by atoms with Crippen LogP contribution >= 0.6 is 0 Å². The molecule has 0 spiro atoms. The smallest absolute Gasteiger partial charge is 0.246 e. The molecule has 0 aromatic carbocycles. The van der Waals surface area contributed by atoms with Crippen LogP contribution in [0.1, 0.15) is 0 Å². The maximum absolute atomic E-state index is 11.2. The summed E-state index contributed by atoms with van der Waals surface area (Å²) < 4.78 is 5.28. The Hall–Kier alpha value is -0.870. The van der Waals surface area contributed by atoms with E-state index < -0.39 is 0 Å². The number of amides is 1. The molecule has 4 nitrogen and oxygen atoms in total. The van der Waals surface area contributed by atoms with Crippen molar-refractivity contribution in [3.8, 4) is 0 Å². The molecule has 0 radical (unpaired) electrons. The quantitative estimate of drug-likeness (QED) is 0.569. The van der Waals surface area contributed by atoms with Crippen LogP contribution in [0, 0.1) is 0 Å². The van der Waals surface area contributed by atoms with Crippen molar-refractivity contribution >= 4 is 5.91 Å². The fourth-order valence-corrected chi connectivity index (χ4v) is 1.94. The Morgan fingerprint density at radius 1 is 1.36 bits per heavy atom. The van der Waals surface area contributed by atoms with E-state index in [2.05, 4.69) is 11.5 Å². The highest BCUT2D eigenvalue weighted by atomic mass is 16.5. The fraction of sp³-hybridized carbons (Fsp3) is 0.700. The summed E-state index contributed by atoms with van der Waals surface area (Å²) in [6.45, 7) is 8.83. The van der Waals surface area contributed by atoms with Gasteiger partial charge < -0.3 is 9.64 Å². The molecule has 2 rings (SSSR count). The first-order chi connectivity index (χ1) is 6.81. The van der Waals surface area contributed by atoms with E-state index >= 15 is 0 Å². The fourth-order valence-electron chi connectivity index (χ4n) is 1.94. The van der Waals surface area contributed by atoms with Crippen molar-refractivity contribution in [1.29, 1.82) is 0 Å². The Bertz CT molecular complexity index is 230. The van der Waals surface area contributed by atoms with Crippen molar-refractivity contribution in [2.75, 3.05) is 39.4 Å². The molecule has 0 aromatic heterocycles. The lowest BCUT2D eigenvalue weighted by molar-refractivity contribution is -0.134. The van der Waals surface area contributed by atoms with Gasteiger partial charge in [-0.1, -0.05) is 6.58 Å². The van der Waals surface area contributed by atoms with E-state index in [-0.39, 0.29) is 5.91 Å². The van der Waals surface area contributed by atoms with Gasteiger partial charge in [-0.05, 0) is 6.08 Å². The summed E-state index contributed by atoms with van der Waals surface area (Å²) in [6.07, 6.45) is 1.38. The van der Waals surface area contributed by atoms with Crippen LogP contribution in [-0.4, -0.2) is 61.1 Å². The molecule has 14 heavy (non-hydrogen) atoms. The van der Waals surface area contributed by atoms with Crippen LogP contribution in [0.25, 0.3) is 0 Å². The highest BCUT2D eigenvalue weighted by molar-refractivity contribution is 5.87. The first-order valence-corrected chi connectivity index (χ1v) is 5.04. The lowest BCUT2D eigenvalue weighted by Gasteiger charge is -2.46. The molecule has 1 amide bonds. The lowest BCUT2D eigenvalue weighted by Crippen LogP contribution is -2.62. The maximum atomic E-state index is 11.2. The second-order valence-electron chi connectivity index (χ2n) is 3.75. The summed E-state index contributed by atoms with van der Waals surface area (Å²) in [5.74, 6) is 0.0505. The summed E-state index contributed by atoms with van der Waals surface area (Å²) in [5, 5.41) is 0. The van der Waals surface area contributed by atoms with Crippen molar-refractivity contribution < 1.29 is 9.53 Å². The Kier molecular flexibility index (Phi) is 2.84. The van der Waals surface area contributed by atoms with E-state index in [1.807, 2.05) is 4.90 Å². The normalized spacial score (nSPS) is 24.4. The van der Waals surface area contributed by atoms with Crippen molar-refractivity contribution in [2.24, 2.45) is 0 Å². The first-order valence-electron chi connectivity index (χ1n) is 5.04. The van der Waals surface area contributed by atoms with E-state index in [1.54, 1.807) is 0 Å². The molecule has 2 aliphatic heterocycles. The van der Waals surface area contributed by atoms with Gasteiger partial charge >= 0.3 is 0 Å². The van der Waals surface area contributed by atoms with Crippen LogP contribution in [0.3, 0.4) is 0 Å². The van der Waals surface area contributed by atoms with E-state index in [0.29, 0.717) is 6.04 Å². The van der Waals surface area contributed by atoms with Crippen molar-refractivity contribution in [2.45, 2.75) is 6.04 Å². The van der Waals surface area contributed by atoms with Gasteiger partial charge in [-0.15, -0.1) is 0 Å². The summed E-state index contributed by atoms with van der Waals surface area (Å²) >= 11 is 0. The van der Waals surface area contributed by atoms with Crippen LogP contribution in [0.4, 0.5) is 0 Å². The van der Waals surface area contributed by atoms with Crippen LogP contribution in [0.15, 0.2) is 12.7 Å². The third kappa shape index (κ3) is 1.81. The SMILES string of the molecule is C=CC(=O)N1CC(N2CCOCC2)C1. The molecule has 0 aromatic rings.